The Morgan fingerprint density at radius 2 is 1.35 bits per heavy atom. The highest BCUT2D eigenvalue weighted by atomic mass is 35.5. The van der Waals surface area contributed by atoms with Crippen LogP contribution in [0, 0.1) is 0 Å². The molecule has 11 heteroatoms. The second kappa shape index (κ2) is 5.61. The van der Waals surface area contributed by atoms with Crippen LogP contribution < -0.4 is 33.2 Å². The number of halogens is 1. The van der Waals surface area contributed by atoms with Crippen molar-refractivity contribution in [1.29, 1.82) is 0 Å². The standard InChI is InChI=1S/C9H11ClN6O4/c10-6-4(15(13)8(11)19)1-3(7(17)18)2-5(6)16(14)9(12)20/h1-2H,13-14H2,(H2,11,19)(H2,12,20)(H,17,18). The summed E-state index contributed by atoms with van der Waals surface area (Å²) >= 11 is 5.91. The third-order valence-electron chi connectivity index (χ3n) is 2.28. The largest absolute Gasteiger partial charge is 0.478 e. The number of nitrogens with zero attached hydrogens (tertiary/aromatic N) is 2. The van der Waals surface area contributed by atoms with Gasteiger partial charge in [-0.05, 0) is 12.1 Å². The topological polar surface area (TPSA) is 182 Å². The quantitative estimate of drug-likeness (QED) is 0.286. The van der Waals surface area contributed by atoms with Crippen LogP contribution in [0.3, 0.4) is 0 Å². The van der Waals surface area contributed by atoms with Crippen LogP contribution in [-0.4, -0.2) is 23.1 Å². The van der Waals surface area contributed by atoms with Gasteiger partial charge in [-0.3, -0.25) is 0 Å². The first-order valence-electron chi connectivity index (χ1n) is 4.92. The third-order valence-corrected chi connectivity index (χ3v) is 2.66. The summed E-state index contributed by atoms with van der Waals surface area (Å²) in [6.45, 7) is 0. The summed E-state index contributed by atoms with van der Waals surface area (Å²) < 4.78 is 0. The fourth-order valence-electron chi connectivity index (χ4n) is 1.31. The van der Waals surface area contributed by atoms with E-state index in [1.165, 1.54) is 0 Å². The van der Waals surface area contributed by atoms with Gasteiger partial charge in [0.2, 0.25) is 0 Å². The Kier molecular flexibility index (Phi) is 4.34. The van der Waals surface area contributed by atoms with Crippen molar-refractivity contribution in [2.45, 2.75) is 0 Å². The maximum atomic E-state index is 11.0. The Labute approximate surface area is 117 Å². The molecule has 0 saturated heterocycles. The number of nitrogens with two attached hydrogens (primary N) is 4. The van der Waals surface area contributed by atoms with Gasteiger partial charge in [0, 0.05) is 0 Å². The van der Waals surface area contributed by atoms with Gasteiger partial charge in [0.25, 0.3) is 0 Å². The Bertz CT molecular complexity index is 551. The van der Waals surface area contributed by atoms with E-state index in [1.54, 1.807) is 0 Å². The van der Waals surface area contributed by atoms with E-state index in [-0.39, 0.29) is 22.0 Å². The number of rotatable bonds is 3. The average Bonchev–Trinajstić information content (AvgIpc) is 2.36. The van der Waals surface area contributed by atoms with Crippen LogP contribution in [0.25, 0.3) is 0 Å². The molecule has 0 aliphatic heterocycles. The highest BCUT2D eigenvalue weighted by Crippen LogP contribution is 2.35. The number of amides is 4. The number of hydrazine groups is 2. The van der Waals surface area contributed by atoms with Crippen molar-refractivity contribution in [1.82, 2.24) is 0 Å². The minimum absolute atomic E-state index is 0.245. The zero-order valence-corrected chi connectivity index (χ0v) is 10.7. The lowest BCUT2D eigenvalue weighted by molar-refractivity contribution is 0.0697. The molecular weight excluding hydrogens is 292 g/mol. The molecule has 0 atom stereocenters. The van der Waals surface area contributed by atoms with Crippen molar-refractivity contribution >= 4 is 41.0 Å². The summed E-state index contributed by atoms with van der Waals surface area (Å²) in [5, 5.41) is 9.52. The van der Waals surface area contributed by atoms with Gasteiger partial charge in [-0.15, -0.1) is 0 Å². The van der Waals surface area contributed by atoms with E-state index < -0.39 is 18.0 Å². The van der Waals surface area contributed by atoms with E-state index >= 15 is 0 Å². The number of anilines is 2. The summed E-state index contributed by atoms with van der Waals surface area (Å²) in [4.78, 5) is 33.1. The predicted octanol–water partition coefficient (Wildman–Crippen LogP) is -0.444. The van der Waals surface area contributed by atoms with Gasteiger partial charge >= 0.3 is 18.0 Å². The van der Waals surface area contributed by atoms with Crippen molar-refractivity contribution < 1.29 is 19.5 Å². The number of urea groups is 2. The maximum absolute atomic E-state index is 11.0. The zero-order valence-electron chi connectivity index (χ0n) is 9.91. The molecule has 0 aliphatic carbocycles. The molecule has 10 nitrogen and oxygen atoms in total. The molecule has 1 aromatic rings. The number of carbonyl (C=O) groups is 3. The number of hydrogen-bond acceptors (Lipinski definition) is 5. The molecule has 0 fully saturated rings. The van der Waals surface area contributed by atoms with Gasteiger partial charge in [-0.2, -0.15) is 0 Å². The third kappa shape index (κ3) is 2.88. The van der Waals surface area contributed by atoms with Crippen LogP contribution in [0.4, 0.5) is 21.0 Å². The first-order chi connectivity index (χ1) is 9.16. The lowest BCUT2D eigenvalue weighted by Gasteiger charge is -2.21. The molecule has 1 rings (SSSR count). The highest BCUT2D eigenvalue weighted by Gasteiger charge is 2.22. The fraction of sp³-hybridized carbons (Fsp3) is 0. The van der Waals surface area contributed by atoms with E-state index in [9.17, 15) is 14.4 Å². The van der Waals surface area contributed by atoms with E-state index in [1.807, 2.05) is 0 Å². The second-order valence-corrected chi connectivity index (χ2v) is 3.93. The molecular formula is C9H11ClN6O4. The molecule has 4 amide bonds. The van der Waals surface area contributed by atoms with Gasteiger partial charge < -0.3 is 16.6 Å². The van der Waals surface area contributed by atoms with Crippen molar-refractivity contribution in [3.63, 3.8) is 0 Å². The van der Waals surface area contributed by atoms with Crippen molar-refractivity contribution in [2.24, 2.45) is 23.2 Å². The summed E-state index contributed by atoms with van der Waals surface area (Å²) in [5.41, 5.74) is 9.12. The van der Waals surface area contributed by atoms with E-state index in [2.05, 4.69) is 0 Å². The van der Waals surface area contributed by atoms with Crippen LogP contribution in [0.15, 0.2) is 12.1 Å². The lowest BCUT2D eigenvalue weighted by Crippen LogP contribution is -2.44. The minimum atomic E-state index is -1.36. The number of aromatic carboxylic acids is 1. The highest BCUT2D eigenvalue weighted by molar-refractivity contribution is 6.37. The monoisotopic (exact) mass is 302 g/mol. The molecule has 9 N–H and O–H groups in total. The molecule has 0 bridgehead atoms. The van der Waals surface area contributed by atoms with Gasteiger partial charge in [0.05, 0.1) is 22.0 Å². The number of carbonyl (C=O) groups excluding carboxylic acids is 2. The molecule has 0 spiro atoms. The minimum Gasteiger partial charge on any atom is -0.478 e. The van der Waals surface area contributed by atoms with Crippen LogP contribution in [0.2, 0.25) is 5.02 Å². The summed E-state index contributed by atoms with van der Waals surface area (Å²) in [6.07, 6.45) is 0. The second-order valence-electron chi connectivity index (χ2n) is 3.55. The van der Waals surface area contributed by atoms with Gasteiger partial charge in [0.1, 0.15) is 0 Å². The number of carboxylic acids is 1. The summed E-state index contributed by atoms with van der Waals surface area (Å²) in [5.74, 6) is 9.36. The van der Waals surface area contributed by atoms with Crippen molar-refractivity contribution in [3.8, 4) is 0 Å². The number of benzene rings is 1. The summed E-state index contributed by atoms with van der Waals surface area (Å²) in [7, 11) is 0. The van der Waals surface area contributed by atoms with Crippen LogP contribution in [0.5, 0.6) is 0 Å². The Hall–Kier alpha value is -2.56. The molecule has 108 valence electrons. The number of carboxylic acid groups (broad SMARTS) is 1. The van der Waals surface area contributed by atoms with E-state index in [4.69, 9.17) is 39.9 Å². The Morgan fingerprint density at radius 1 is 1.00 bits per heavy atom. The van der Waals surface area contributed by atoms with Crippen molar-refractivity contribution in [3.05, 3.63) is 22.7 Å². The first-order valence-corrected chi connectivity index (χ1v) is 5.30. The van der Waals surface area contributed by atoms with Crippen molar-refractivity contribution in [2.75, 3.05) is 10.0 Å². The van der Waals surface area contributed by atoms with Crippen LogP contribution >= 0.6 is 11.6 Å². The van der Waals surface area contributed by atoms with E-state index in [0.717, 1.165) is 12.1 Å². The summed E-state index contributed by atoms with van der Waals surface area (Å²) in [6, 6.07) is -0.201. The SMILES string of the molecule is NC(=O)N(N)c1cc(C(=O)O)cc(N(N)C(N)=O)c1Cl. The predicted molar refractivity (Wildman–Crippen MR) is 70.9 cm³/mol. The zero-order chi connectivity index (χ0) is 15.6. The van der Waals surface area contributed by atoms with Gasteiger partial charge in [0.15, 0.2) is 0 Å². The lowest BCUT2D eigenvalue weighted by atomic mass is 10.1. The number of hydrogen-bond donors (Lipinski definition) is 5. The van der Waals surface area contributed by atoms with Crippen LogP contribution in [-0.2, 0) is 0 Å². The molecule has 1 aromatic carbocycles. The maximum Gasteiger partial charge on any atom is 0.335 e. The molecule has 0 aromatic heterocycles. The fourth-order valence-corrected chi connectivity index (χ4v) is 1.60. The van der Waals surface area contributed by atoms with Gasteiger partial charge in [-0.1, -0.05) is 11.6 Å². The normalized spacial score (nSPS) is 9.95. The molecule has 0 saturated carbocycles. The van der Waals surface area contributed by atoms with Gasteiger partial charge in [-0.25, -0.2) is 36.1 Å². The Balaban J connectivity index is 3.56. The average molecular weight is 303 g/mol. The molecule has 0 aliphatic rings. The Morgan fingerprint density at radius 3 is 1.60 bits per heavy atom. The smallest absolute Gasteiger partial charge is 0.335 e. The molecule has 0 heterocycles. The number of primary amides is 2. The van der Waals surface area contributed by atoms with E-state index in [0.29, 0.717) is 10.0 Å². The molecule has 0 radical (unpaired) electrons. The molecule has 20 heavy (non-hydrogen) atoms. The first kappa shape index (κ1) is 15.5. The molecule has 0 unspecified atom stereocenters. The van der Waals surface area contributed by atoms with Crippen LogP contribution in [0.1, 0.15) is 10.4 Å².